The fraction of sp³-hybridized carbons (Fsp3) is 0.364. The number of hydrogen-bond acceptors (Lipinski definition) is 4. The number of nitro groups is 1. The summed E-state index contributed by atoms with van der Waals surface area (Å²) in [5.41, 5.74) is 0.525. The molecule has 17 heavy (non-hydrogen) atoms. The number of carbonyl (C=O) groups excluding carboxylic acids is 1. The number of benzene rings is 1. The predicted octanol–water partition coefficient (Wildman–Crippen LogP) is 2.31. The molecule has 1 aromatic carbocycles. The lowest BCUT2D eigenvalue weighted by atomic mass is 10.1. The summed E-state index contributed by atoms with van der Waals surface area (Å²) in [6.45, 7) is 0.676. The SMILES string of the molecule is Br.CN(C)CCC(=O)c1ccc([N+](=O)[O-])cc1. The van der Waals surface area contributed by atoms with Crippen LogP contribution >= 0.6 is 17.0 Å². The smallest absolute Gasteiger partial charge is 0.269 e. The summed E-state index contributed by atoms with van der Waals surface area (Å²) in [7, 11) is 3.78. The molecule has 0 heterocycles. The van der Waals surface area contributed by atoms with Crippen LogP contribution in [0.15, 0.2) is 24.3 Å². The molecule has 5 nitrogen and oxygen atoms in total. The highest BCUT2D eigenvalue weighted by Crippen LogP contribution is 2.13. The Morgan fingerprint density at radius 2 is 1.82 bits per heavy atom. The average molecular weight is 303 g/mol. The molecule has 0 aliphatic rings. The van der Waals surface area contributed by atoms with E-state index < -0.39 is 4.92 Å². The van der Waals surface area contributed by atoms with E-state index in [9.17, 15) is 14.9 Å². The topological polar surface area (TPSA) is 63.5 Å². The van der Waals surface area contributed by atoms with Crippen molar-refractivity contribution >= 4 is 28.5 Å². The lowest BCUT2D eigenvalue weighted by molar-refractivity contribution is -0.384. The van der Waals surface area contributed by atoms with E-state index in [-0.39, 0.29) is 28.5 Å². The van der Waals surface area contributed by atoms with E-state index in [2.05, 4.69) is 0 Å². The van der Waals surface area contributed by atoms with E-state index >= 15 is 0 Å². The zero-order chi connectivity index (χ0) is 12.1. The van der Waals surface area contributed by atoms with Crippen LogP contribution < -0.4 is 0 Å². The van der Waals surface area contributed by atoms with E-state index in [0.717, 1.165) is 0 Å². The molecule has 0 fully saturated rings. The number of carbonyl (C=O) groups is 1. The second-order valence-corrected chi connectivity index (χ2v) is 3.78. The van der Waals surface area contributed by atoms with Gasteiger partial charge in [-0.15, -0.1) is 17.0 Å². The minimum atomic E-state index is -0.478. The van der Waals surface area contributed by atoms with Gasteiger partial charge >= 0.3 is 0 Å². The van der Waals surface area contributed by atoms with Crippen molar-refractivity contribution in [2.75, 3.05) is 20.6 Å². The second kappa shape index (κ2) is 7.13. The average Bonchev–Trinajstić information content (AvgIpc) is 2.26. The van der Waals surface area contributed by atoms with Crippen LogP contribution in [0.25, 0.3) is 0 Å². The molecule has 0 atom stereocenters. The number of ketones is 1. The molecule has 0 unspecified atom stereocenters. The molecule has 0 saturated carbocycles. The maximum absolute atomic E-state index is 11.6. The summed E-state index contributed by atoms with van der Waals surface area (Å²) in [5, 5.41) is 10.4. The third-order valence-corrected chi connectivity index (χ3v) is 2.19. The fourth-order valence-electron chi connectivity index (χ4n) is 1.24. The van der Waals surface area contributed by atoms with Crippen LogP contribution in [0, 0.1) is 10.1 Å². The molecule has 0 aliphatic heterocycles. The minimum Gasteiger partial charge on any atom is -0.309 e. The Bertz CT molecular complexity index is 390. The van der Waals surface area contributed by atoms with Gasteiger partial charge in [0.25, 0.3) is 5.69 Å². The summed E-state index contributed by atoms with van der Waals surface area (Å²) >= 11 is 0. The molecule has 94 valence electrons. The molecule has 1 aromatic rings. The van der Waals surface area contributed by atoms with Crippen molar-refractivity contribution in [3.05, 3.63) is 39.9 Å². The van der Waals surface area contributed by atoms with Gasteiger partial charge in [-0.1, -0.05) is 0 Å². The van der Waals surface area contributed by atoms with Crippen molar-refractivity contribution in [2.24, 2.45) is 0 Å². The summed E-state index contributed by atoms with van der Waals surface area (Å²) in [6.07, 6.45) is 0.421. The van der Waals surface area contributed by atoms with Crippen LogP contribution in [0.4, 0.5) is 5.69 Å². The fourth-order valence-corrected chi connectivity index (χ4v) is 1.24. The third kappa shape index (κ3) is 5.06. The third-order valence-electron chi connectivity index (χ3n) is 2.19. The van der Waals surface area contributed by atoms with Crippen LogP contribution in [-0.4, -0.2) is 36.2 Å². The van der Waals surface area contributed by atoms with E-state index in [1.54, 1.807) is 0 Å². The number of nitrogens with zero attached hydrogens (tertiary/aromatic N) is 2. The highest BCUT2D eigenvalue weighted by molar-refractivity contribution is 8.93. The molecule has 0 amide bonds. The Morgan fingerprint density at radius 1 is 1.29 bits per heavy atom. The number of hydrogen-bond donors (Lipinski definition) is 0. The van der Waals surface area contributed by atoms with Crippen LogP contribution in [0.2, 0.25) is 0 Å². The highest BCUT2D eigenvalue weighted by Gasteiger charge is 2.09. The van der Waals surface area contributed by atoms with Gasteiger partial charge < -0.3 is 4.90 Å². The maximum atomic E-state index is 11.6. The molecule has 0 spiro atoms. The van der Waals surface area contributed by atoms with Gasteiger partial charge in [-0.2, -0.15) is 0 Å². The molecular weight excluding hydrogens is 288 g/mol. The second-order valence-electron chi connectivity index (χ2n) is 3.78. The number of halogens is 1. The van der Waals surface area contributed by atoms with Gasteiger partial charge in [0.05, 0.1) is 4.92 Å². The van der Waals surface area contributed by atoms with Crippen molar-refractivity contribution in [3.63, 3.8) is 0 Å². The van der Waals surface area contributed by atoms with Crippen molar-refractivity contribution in [1.29, 1.82) is 0 Å². The van der Waals surface area contributed by atoms with E-state index in [1.807, 2.05) is 19.0 Å². The van der Waals surface area contributed by atoms with E-state index in [1.165, 1.54) is 24.3 Å². The quantitative estimate of drug-likeness (QED) is 0.476. The predicted molar refractivity (Wildman–Crippen MR) is 70.9 cm³/mol. The normalized spacial score (nSPS) is 9.82. The molecule has 0 aromatic heterocycles. The van der Waals surface area contributed by atoms with E-state index in [4.69, 9.17) is 0 Å². The Morgan fingerprint density at radius 3 is 2.24 bits per heavy atom. The Labute approximate surface area is 110 Å². The Hall–Kier alpha value is -1.27. The largest absolute Gasteiger partial charge is 0.309 e. The Balaban J connectivity index is 0.00000256. The first-order chi connectivity index (χ1) is 7.50. The standard InChI is InChI=1S/C11H14N2O3.BrH/c1-12(2)8-7-11(14)9-3-5-10(6-4-9)13(15)16;/h3-6H,7-8H2,1-2H3;1H. The Kier molecular flexibility index (Phi) is 6.60. The lowest BCUT2D eigenvalue weighted by Crippen LogP contribution is -2.16. The molecule has 0 radical (unpaired) electrons. The van der Waals surface area contributed by atoms with Gasteiger partial charge in [0.2, 0.25) is 0 Å². The monoisotopic (exact) mass is 302 g/mol. The van der Waals surface area contributed by atoms with Gasteiger partial charge in [-0.25, -0.2) is 0 Å². The summed E-state index contributed by atoms with van der Waals surface area (Å²) in [6, 6.07) is 5.69. The number of nitro benzene ring substituents is 1. The molecule has 0 saturated heterocycles. The number of Topliss-reactive ketones (excluding diaryl/α,β-unsaturated/α-hetero) is 1. The first kappa shape index (κ1) is 15.7. The van der Waals surface area contributed by atoms with Crippen LogP contribution in [0.3, 0.4) is 0 Å². The van der Waals surface area contributed by atoms with Crippen LogP contribution in [0.5, 0.6) is 0 Å². The zero-order valence-electron chi connectivity index (χ0n) is 9.75. The first-order valence-electron chi connectivity index (χ1n) is 4.93. The summed E-state index contributed by atoms with van der Waals surface area (Å²) in [4.78, 5) is 23.5. The van der Waals surface area contributed by atoms with Crippen molar-refractivity contribution in [1.82, 2.24) is 4.90 Å². The van der Waals surface area contributed by atoms with E-state index in [0.29, 0.717) is 18.5 Å². The number of rotatable bonds is 5. The number of non-ortho nitro benzene ring substituents is 1. The van der Waals surface area contributed by atoms with Gasteiger partial charge in [0, 0.05) is 30.7 Å². The van der Waals surface area contributed by atoms with Crippen LogP contribution in [-0.2, 0) is 0 Å². The molecule has 0 N–H and O–H groups in total. The first-order valence-corrected chi connectivity index (χ1v) is 4.93. The van der Waals surface area contributed by atoms with Crippen molar-refractivity contribution in [2.45, 2.75) is 6.42 Å². The van der Waals surface area contributed by atoms with Gasteiger partial charge in [-0.3, -0.25) is 14.9 Å². The molecule has 1 rings (SSSR count). The van der Waals surface area contributed by atoms with Gasteiger partial charge in [-0.05, 0) is 26.2 Å². The van der Waals surface area contributed by atoms with Crippen molar-refractivity contribution < 1.29 is 9.72 Å². The summed E-state index contributed by atoms with van der Waals surface area (Å²) < 4.78 is 0. The van der Waals surface area contributed by atoms with Gasteiger partial charge in [0.15, 0.2) is 5.78 Å². The van der Waals surface area contributed by atoms with Crippen molar-refractivity contribution in [3.8, 4) is 0 Å². The lowest BCUT2D eigenvalue weighted by Gasteiger charge is -2.07. The maximum Gasteiger partial charge on any atom is 0.269 e. The minimum absolute atomic E-state index is 0. The molecule has 0 aliphatic carbocycles. The zero-order valence-corrected chi connectivity index (χ0v) is 11.5. The molecule has 0 bridgehead atoms. The molecule has 6 heteroatoms. The molecular formula is C11H15BrN2O3. The van der Waals surface area contributed by atoms with Gasteiger partial charge in [0.1, 0.15) is 0 Å². The van der Waals surface area contributed by atoms with Crippen LogP contribution in [0.1, 0.15) is 16.8 Å². The highest BCUT2D eigenvalue weighted by atomic mass is 79.9. The summed E-state index contributed by atoms with van der Waals surface area (Å²) in [5.74, 6) is 0.00333.